The van der Waals surface area contributed by atoms with Crippen LogP contribution in [0.2, 0.25) is 0 Å². The van der Waals surface area contributed by atoms with Crippen LogP contribution >= 0.6 is 0 Å². The van der Waals surface area contributed by atoms with Crippen molar-refractivity contribution in [2.45, 2.75) is 6.92 Å². The first-order chi connectivity index (χ1) is 8.26. The average Bonchev–Trinajstić information content (AvgIpc) is 2.82. The molecule has 3 heteroatoms. The molecule has 88 valence electrons. The van der Waals surface area contributed by atoms with Gasteiger partial charge >= 0.3 is 0 Å². The summed E-state index contributed by atoms with van der Waals surface area (Å²) in [5.74, 6) is 0.0514. The molecule has 1 aromatic heterocycles. The minimum Gasteiger partial charge on any atom is -0.361 e. The number of hydrogen-bond donors (Lipinski definition) is 1. The number of carbonyl (C=O) groups excluding carboxylic acids is 1. The molecule has 0 aliphatic heterocycles. The fourth-order valence-electron chi connectivity index (χ4n) is 1.88. The number of nitrogens with one attached hydrogen (secondary N) is 1. The van der Waals surface area contributed by atoms with E-state index >= 15 is 0 Å². The van der Waals surface area contributed by atoms with Crippen LogP contribution in [0.15, 0.2) is 43.1 Å². The first kappa shape index (κ1) is 11.5. The fraction of sp³-hybridized carbons (Fsp3) is 0.214. The van der Waals surface area contributed by atoms with Crippen LogP contribution in [0.4, 0.5) is 0 Å². The van der Waals surface area contributed by atoms with Crippen molar-refractivity contribution in [2.75, 3.05) is 13.1 Å². The third-order valence-electron chi connectivity index (χ3n) is 2.82. The second-order valence-electron chi connectivity index (χ2n) is 3.91. The number of aromatic amines is 1. The lowest BCUT2D eigenvalue weighted by molar-refractivity contribution is 0.0782. The van der Waals surface area contributed by atoms with Crippen LogP contribution in [0.1, 0.15) is 17.3 Å². The molecule has 0 fully saturated rings. The number of benzene rings is 1. The van der Waals surface area contributed by atoms with Crippen LogP contribution in [0.3, 0.4) is 0 Å². The molecule has 0 radical (unpaired) electrons. The predicted molar refractivity (Wildman–Crippen MR) is 70.1 cm³/mol. The van der Waals surface area contributed by atoms with E-state index in [4.69, 9.17) is 0 Å². The van der Waals surface area contributed by atoms with Crippen molar-refractivity contribution in [1.82, 2.24) is 9.88 Å². The maximum absolute atomic E-state index is 12.2. The number of rotatable bonds is 4. The van der Waals surface area contributed by atoms with Crippen molar-refractivity contribution < 1.29 is 4.79 Å². The highest BCUT2D eigenvalue weighted by molar-refractivity contribution is 5.98. The van der Waals surface area contributed by atoms with Crippen molar-refractivity contribution in [3.05, 3.63) is 48.7 Å². The molecular weight excluding hydrogens is 212 g/mol. The van der Waals surface area contributed by atoms with Gasteiger partial charge in [-0.1, -0.05) is 6.08 Å². The summed E-state index contributed by atoms with van der Waals surface area (Å²) < 4.78 is 0. The molecule has 1 heterocycles. The van der Waals surface area contributed by atoms with Gasteiger partial charge in [-0.3, -0.25) is 4.79 Å². The highest BCUT2D eigenvalue weighted by Crippen LogP contribution is 2.15. The number of likely N-dealkylation sites (N-methyl/N-ethyl adjacent to an activating group) is 1. The Hall–Kier alpha value is -2.03. The van der Waals surface area contributed by atoms with Crippen molar-refractivity contribution in [3.8, 4) is 0 Å². The van der Waals surface area contributed by atoms with Crippen LogP contribution in [0, 0.1) is 0 Å². The van der Waals surface area contributed by atoms with Gasteiger partial charge in [-0.05, 0) is 31.2 Å². The molecule has 17 heavy (non-hydrogen) atoms. The number of nitrogens with zero attached hydrogens (tertiary/aromatic N) is 1. The van der Waals surface area contributed by atoms with E-state index in [-0.39, 0.29) is 5.91 Å². The van der Waals surface area contributed by atoms with Gasteiger partial charge in [-0.2, -0.15) is 0 Å². The number of fused-ring (bicyclic) bond motifs is 1. The average molecular weight is 228 g/mol. The Morgan fingerprint density at radius 1 is 1.47 bits per heavy atom. The molecule has 0 atom stereocenters. The smallest absolute Gasteiger partial charge is 0.254 e. The summed E-state index contributed by atoms with van der Waals surface area (Å²) in [5, 5.41) is 1.06. The molecule has 2 rings (SSSR count). The van der Waals surface area contributed by atoms with E-state index in [1.807, 2.05) is 37.4 Å². The minimum absolute atomic E-state index is 0.0514. The Bertz CT molecular complexity index is 542. The maximum Gasteiger partial charge on any atom is 0.254 e. The first-order valence-electron chi connectivity index (χ1n) is 5.73. The monoisotopic (exact) mass is 228 g/mol. The van der Waals surface area contributed by atoms with E-state index in [0.717, 1.165) is 16.5 Å². The van der Waals surface area contributed by atoms with Gasteiger partial charge in [0.2, 0.25) is 0 Å². The Kier molecular flexibility index (Phi) is 3.28. The van der Waals surface area contributed by atoms with Crippen molar-refractivity contribution in [2.24, 2.45) is 0 Å². The Balaban J connectivity index is 2.31. The summed E-state index contributed by atoms with van der Waals surface area (Å²) >= 11 is 0. The predicted octanol–water partition coefficient (Wildman–Crippen LogP) is 2.82. The highest BCUT2D eigenvalue weighted by Gasteiger charge is 2.12. The van der Waals surface area contributed by atoms with Gasteiger partial charge in [0.05, 0.1) is 0 Å². The largest absolute Gasteiger partial charge is 0.361 e. The topological polar surface area (TPSA) is 36.1 Å². The third kappa shape index (κ3) is 2.23. The molecule has 1 N–H and O–H groups in total. The molecule has 1 aromatic carbocycles. The molecule has 0 saturated heterocycles. The van der Waals surface area contributed by atoms with Gasteiger partial charge in [0.15, 0.2) is 0 Å². The lowest BCUT2D eigenvalue weighted by Gasteiger charge is -2.18. The van der Waals surface area contributed by atoms with Gasteiger partial charge in [0.1, 0.15) is 0 Å². The Morgan fingerprint density at radius 3 is 3.00 bits per heavy atom. The van der Waals surface area contributed by atoms with E-state index in [1.165, 1.54) is 0 Å². The SMILES string of the molecule is C=CCN(CC)C(=O)c1ccc2[nH]ccc2c1. The molecule has 0 aliphatic rings. The molecule has 0 aliphatic carbocycles. The van der Waals surface area contributed by atoms with Crippen LogP contribution in [0.25, 0.3) is 10.9 Å². The molecule has 1 amide bonds. The standard InChI is InChI=1S/C14H16N2O/c1-3-9-16(4-2)14(17)12-5-6-13-11(10-12)7-8-15-13/h3,5-8,10,15H,1,4,9H2,2H3. The zero-order valence-electron chi connectivity index (χ0n) is 9.94. The molecule has 0 unspecified atom stereocenters. The normalized spacial score (nSPS) is 10.4. The highest BCUT2D eigenvalue weighted by atomic mass is 16.2. The molecule has 0 spiro atoms. The lowest BCUT2D eigenvalue weighted by Crippen LogP contribution is -2.30. The van der Waals surface area contributed by atoms with Crippen molar-refractivity contribution in [1.29, 1.82) is 0 Å². The molecule has 3 nitrogen and oxygen atoms in total. The zero-order valence-corrected chi connectivity index (χ0v) is 9.94. The molecule has 2 aromatic rings. The van der Waals surface area contributed by atoms with Crippen LogP contribution in [0.5, 0.6) is 0 Å². The summed E-state index contributed by atoms with van der Waals surface area (Å²) in [6.45, 7) is 6.91. The van der Waals surface area contributed by atoms with Crippen LogP contribution in [-0.4, -0.2) is 28.9 Å². The summed E-state index contributed by atoms with van der Waals surface area (Å²) in [6, 6.07) is 7.67. The summed E-state index contributed by atoms with van der Waals surface area (Å²) in [4.78, 5) is 17.1. The van der Waals surface area contributed by atoms with Crippen LogP contribution in [-0.2, 0) is 0 Å². The number of amides is 1. The number of carbonyl (C=O) groups is 1. The Labute approximate surface area is 101 Å². The van der Waals surface area contributed by atoms with Gasteiger partial charge in [-0.25, -0.2) is 0 Å². The minimum atomic E-state index is 0.0514. The van der Waals surface area contributed by atoms with E-state index < -0.39 is 0 Å². The van der Waals surface area contributed by atoms with Gasteiger partial charge in [0.25, 0.3) is 5.91 Å². The lowest BCUT2D eigenvalue weighted by atomic mass is 10.1. The van der Waals surface area contributed by atoms with E-state index in [0.29, 0.717) is 13.1 Å². The summed E-state index contributed by atoms with van der Waals surface area (Å²) in [5.41, 5.74) is 1.77. The van der Waals surface area contributed by atoms with Crippen LogP contribution < -0.4 is 0 Å². The van der Waals surface area contributed by atoms with Crippen molar-refractivity contribution >= 4 is 16.8 Å². The second kappa shape index (κ2) is 4.87. The van der Waals surface area contributed by atoms with Gasteiger partial charge < -0.3 is 9.88 Å². The molecular formula is C14H16N2O. The van der Waals surface area contributed by atoms with E-state index in [1.54, 1.807) is 11.0 Å². The van der Waals surface area contributed by atoms with Gasteiger partial charge in [0, 0.05) is 35.8 Å². The van der Waals surface area contributed by atoms with E-state index in [2.05, 4.69) is 11.6 Å². The summed E-state index contributed by atoms with van der Waals surface area (Å²) in [6.07, 6.45) is 3.62. The number of hydrogen-bond acceptors (Lipinski definition) is 1. The van der Waals surface area contributed by atoms with Gasteiger partial charge in [-0.15, -0.1) is 6.58 Å². The fourth-order valence-corrected chi connectivity index (χ4v) is 1.88. The number of H-pyrrole nitrogens is 1. The molecule has 0 saturated carbocycles. The second-order valence-corrected chi connectivity index (χ2v) is 3.91. The third-order valence-corrected chi connectivity index (χ3v) is 2.82. The first-order valence-corrected chi connectivity index (χ1v) is 5.73. The quantitative estimate of drug-likeness (QED) is 0.802. The van der Waals surface area contributed by atoms with Crippen molar-refractivity contribution in [3.63, 3.8) is 0 Å². The maximum atomic E-state index is 12.2. The molecule has 0 bridgehead atoms. The summed E-state index contributed by atoms with van der Waals surface area (Å²) in [7, 11) is 0. The zero-order chi connectivity index (χ0) is 12.3. The van der Waals surface area contributed by atoms with E-state index in [9.17, 15) is 4.79 Å². The Morgan fingerprint density at radius 2 is 2.29 bits per heavy atom. The number of aromatic nitrogens is 1.